The van der Waals surface area contributed by atoms with Crippen LogP contribution in [0, 0.1) is 10.1 Å². The highest BCUT2D eigenvalue weighted by molar-refractivity contribution is 5.67. The van der Waals surface area contributed by atoms with E-state index in [-0.39, 0.29) is 23.4 Å². The lowest BCUT2D eigenvalue weighted by atomic mass is 10.0. The Labute approximate surface area is 139 Å². The first kappa shape index (κ1) is 19.8. The summed E-state index contributed by atoms with van der Waals surface area (Å²) in [6, 6.07) is 3.73. The molecule has 0 fully saturated rings. The van der Waals surface area contributed by atoms with Crippen LogP contribution >= 0.6 is 0 Å². The van der Waals surface area contributed by atoms with Gasteiger partial charge in [0.25, 0.3) is 5.69 Å². The summed E-state index contributed by atoms with van der Waals surface area (Å²) in [5.74, 6) is 0. The molecule has 1 aromatic rings. The van der Waals surface area contributed by atoms with Gasteiger partial charge in [-0.1, -0.05) is 6.07 Å². The van der Waals surface area contributed by atoms with E-state index in [9.17, 15) is 25.1 Å². The largest absolute Gasteiger partial charge is 0.444 e. The first-order valence-corrected chi connectivity index (χ1v) is 7.26. The topological polar surface area (TPSA) is 142 Å². The highest BCUT2D eigenvalue weighted by atomic mass is 16.6. The Hall–Kier alpha value is -2.23. The summed E-state index contributed by atoms with van der Waals surface area (Å²) < 4.78 is 4.99. The van der Waals surface area contributed by atoms with Gasteiger partial charge in [-0.2, -0.15) is 0 Å². The van der Waals surface area contributed by atoms with Crippen LogP contribution in [0.4, 0.5) is 10.5 Å². The van der Waals surface area contributed by atoms with Crippen molar-refractivity contribution in [2.75, 3.05) is 6.54 Å². The molecule has 0 radical (unpaired) electrons. The number of carbonyl (C=O) groups is 1. The van der Waals surface area contributed by atoms with E-state index < -0.39 is 35.4 Å². The predicted octanol–water partition coefficient (Wildman–Crippen LogP) is 1.01. The second-order valence-electron chi connectivity index (χ2n) is 6.20. The molecule has 0 heterocycles. The average Bonchev–Trinajstić information content (AvgIpc) is 2.49. The zero-order valence-electron chi connectivity index (χ0n) is 13.7. The third kappa shape index (κ3) is 5.76. The van der Waals surface area contributed by atoms with Crippen molar-refractivity contribution in [1.29, 1.82) is 0 Å². The number of nitro groups is 1. The van der Waals surface area contributed by atoms with Crippen molar-refractivity contribution in [1.82, 2.24) is 5.32 Å². The lowest BCUT2D eigenvalue weighted by molar-refractivity contribution is -0.386. The van der Waals surface area contributed by atoms with Gasteiger partial charge in [0, 0.05) is 12.6 Å². The summed E-state index contributed by atoms with van der Waals surface area (Å²) in [6.07, 6.45) is -3.60. The van der Waals surface area contributed by atoms with Gasteiger partial charge in [0.1, 0.15) is 17.8 Å². The molecule has 0 aliphatic rings. The van der Waals surface area contributed by atoms with E-state index in [4.69, 9.17) is 9.84 Å². The zero-order valence-corrected chi connectivity index (χ0v) is 13.7. The number of nitro benzene ring substituents is 1. The van der Waals surface area contributed by atoms with Gasteiger partial charge >= 0.3 is 6.09 Å². The molecule has 1 amide bonds. The van der Waals surface area contributed by atoms with Crippen molar-refractivity contribution >= 4 is 11.8 Å². The van der Waals surface area contributed by atoms with Crippen LogP contribution in [-0.2, 0) is 11.3 Å². The van der Waals surface area contributed by atoms with Gasteiger partial charge < -0.3 is 25.4 Å². The van der Waals surface area contributed by atoms with Crippen molar-refractivity contribution in [3.63, 3.8) is 0 Å². The zero-order chi connectivity index (χ0) is 18.5. The molecular formula is C15H22N2O7. The van der Waals surface area contributed by atoms with Gasteiger partial charge in [0.2, 0.25) is 0 Å². The molecule has 0 aliphatic carbocycles. The van der Waals surface area contributed by atoms with Crippen LogP contribution < -0.4 is 5.32 Å². The summed E-state index contributed by atoms with van der Waals surface area (Å²) in [6.45, 7) is 4.22. The maximum atomic E-state index is 11.5. The fourth-order valence-electron chi connectivity index (χ4n) is 1.90. The Morgan fingerprint density at radius 1 is 1.38 bits per heavy atom. The van der Waals surface area contributed by atoms with E-state index in [0.29, 0.717) is 0 Å². The number of rotatable bonds is 6. The predicted molar refractivity (Wildman–Crippen MR) is 84.2 cm³/mol. The molecule has 0 spiro atoms. The lowest BCUT2D eigenvalue weighted by Crippen LogP contribution is -2.38. The molecule has 0 bridgehead atoms. The molecule has 4 N–H and O–H groups in total. The van der Waals surface area contributed by atoms with Crippen LogP contribution in [0.1, 0.15) is 38.0 Å². The number of amides is 1. The van der Waals surface area contributed by atoms with Gasteiger partial charge in [0.05, 0.1) is 17.1 Å². The van der Waals surface area contributed by atoms with Crippen molar-refractivity contribution in [2.45, 2.75) is 45.2 Å². The van der Waals surface area contributed by atoms with E-state index in [1.54, 1.807) is 20.8 Å². The molecule has 2 atom stereocenters. The van der Waals surface area contributed by atoms with E-state index in [2.05, 4.69) is 5.32 Å². The third-order valence-electron chi connectivity index (χ3n) is 3.04. The SMILES string of the molecule is CC(C)(C)OC(=O)NCC(O)C(O)c1ccc(CO)c([N+](=O)[O-])c1. The number of nitrogens with zero attached hydrogens (tertiary/aromatic N) is 1. The number of hydrogen-bond acceptors (Lipinski definition) is 7. The highest BCUT2D eigenvalue weighted by Gasteiger charge is 2.24. The van der Waals surface area contributed by atoms with Crippen molar-refractivity contribution < 1.29 is 29.8 Å². The molecule has 134 valence electrons. The summed E-state index contributed by atoms with van der Waals surface area (Å²) in [5.41, 5.74) is -0.870. The Bertz CT molecular complexity index is 598. The molecule has 2 unspecified atom stereocenters. The van der Waals surface area contributed by atoms with Gasteiger partial charge in [0.15, 0.2) is 0 Å². The Balaban J connectivity index is 2.75. The molecule has 24 heavy (non-hydrogen) atoms. The van der Waals surface area contributed by atoms with Crippen molar-refractivity contribution in [3.8, 4) is 0 Å². The Morgan fingerprint density at radius 2 is 2.00 bits per heavy atom. The molecule has 0 aliphatic heterocycles. The smallest absolute Gasteiger partial charge is 0.407 e. The van der Waals surface area contributed by atoms with E-state index >= 15 is 0 Å². The van der Waals surface area contributed by atoms with E-state index in [1.165, 1.54) is 12.1 Å². The van der Waals surface area contributed by atoms with Crippen LogP contribution in [0.5, 0.6) is 0 Å². The first-order valence-electron chi connectivity index (χ1n) is 7.26. The van der Waals surface area contributed by atoms with Crippen molar-refractivity contribution in [2.24, 2.45) is 0 Å². The number of hydrogen-bond donors (Lipinski definition) is 4. The lowest BCUT2D eigenvalue weighted by Gasteiger charge is -2.22. The van der Waals surface area contributed by atoms with Gasteiger partial charge in [-0.15, -0.1) is 0 Å². The van der Waals surface area contributed by atoms with Crippen LogP contribution in [0.15, 0.2) is 18.2 Å². The third-order valence-corrected chi connectivity index (χ3v) is 3.04. The summed E-state index contributed by atoms with van der Waals surface area (Å²) in [5, 5.41) is 42.3. The highest BCUT2D eigenvalue weighted by Crippen LogP contribution is 2.25. The normalized spacial score (nSPS) is 13.9. The number of alkyl carbamates (subject to hydrolysis) is 1. The maximum absolute atomic E-state index is 11.5. The molecule has 9 nitrogen and oxygen atoms in total. The van der Waals surface area contributed by atoms with Gasteiger partial charge in [-0.25, -0.2) is 4.79 Å². The quantitative estimate of drug-likeness (QED) is 0.446. The standard InChI is InChI=1S/C15H22N2O7/c1-15(2,3)24-14(21)16-7-12(19)13(20)9-4-5-10(8-18)11(6-9)17(22)23/h4-6,12-13,18-20H,7-8H2,1-3H3,(H,16,21). The number of aliphatic hydroxyl groups is 3. The number of aliphatic hydroxyl groups excluding tert-OH is 3. The number of carbonyl (C=O) groups excluding carboxylic acids is 1. The number of nitrogens with one attached hydrogen (secondary N) is 1. The fourth-order valence-corrected chi connectivity index (χ4v) is 1.90. The van der Waals surface area contributed by atoms with E-state index in [0.717, 1.165) is 6.07 Å². The monoisotopic (exact) mass is 342 g/mol. The second kappa shape index (κ2) is 8.04. The molecular weight excluding hydrogens is 320 g/mol. The van der Waals surface area contributed by atoms with E-state index in [1.807, 2.05) is 0 Å². The first-order chi connectivity index (χ1) is 11.0. The molecule has 0 saturated heterocycles. The minimum Gasteiger partial charge on any atom is -0.444 e. The molecule has 0 aromatic heterocycles. The second-order valence-corrected chi connectivity index (χ2v) is 6.20. The van der Waals surface area contributed by atoms with Gasteiger partial charge in [-0.05, 0) is 32.4 Å². The number of benzene rings is 1. The van der Waals surface area contributed by atoms with Crippen LogP contribution in [0.25, 0.3) is 0 Å². The molecule has 9 heteroatoms. The van der Waals surface area contributed by atoms with Gasteiger partial charge in [-0.3, -0.25) is 10.1 Å². The molecule has 0 saturated carbocycles. The van der Waals surface area contributed by atoms with Crippen molar-refractivity contribution in [3.05, 3.63) is 39.4 Å². The summed E-state index contributed by atoms with van der Waals surface area (Å²) in [7, 11) is 0. The number of ether oxygens (including phenoxy) is 1. The molecule has 1 aromatic carbocycles. The maximum Gasteiger partial charge on any atom is 0.407 e. The van der Waals surface area contributed by atoms with Crippen LogP contribution in [0.2, 0.25) is 0 Å². The van der Waals surface area contributed by atoms with Crippen LogP contribution in [-0.4, -0.2) is 44.6 Å². The average molecular weight is 342 g/mol. The Kier molecular flexibility index (Phi) is 6.64. The minimum absolute atomic E-state index is 0.0947. The fraction of sp³-hybridized carbons (Fsp3) is 0.533. The minimum atomic E-state index is -1.45. The Morgan fingerprint density at radius 3 is 2.50 bits per heavy atom. The summed E-state index contributed by atoms with van der Waals surface area (Å²) >= 11 is 0. The summed E-state index contributed by atoms with van der Waals surface area (Å²) in [4.78, 5) is 21.8. The molecule has 1 rings (SSSR count). The van der Waals surface area contributed by atoms with Crippen LogP contribution in [0.3, 0.4) is 0 Å².